The van der Waals surface area contributed by atoms with Crippen molar-refractivity contribution >= 4 is 18.0 Å². The Bertz CT molecular complexity index is 301. The van der Waals surface area contributed by atoms with Crippen LogP contribution in [-0.4, -0.2) is 41.8 Å². The molecular formula is C10H18N2O5. The van der Waals surface area contributed by atoms with Crippen molar-refractivity contribution in [1.82, 2.24) is 10.6 Å². The zero-order valence-corrected chi connectivity index (χ0v) is 10.2. The van der Waals surface area contributed by atoms with E-state index in [2.05, 4.69) is 15.4 Å². The van der Waals surface area contributed by atoms with Crippen LogP contribution in [0.2, 0.25) is 0 Å². The average molecular weight is 246 g/mol. The molecule has 0 saturated carbocycles. The van der Waals surface area contributed by atoms with Gasteiger partial charge in [-0.05, 0) is 20.8 Å². The molecule has 0 aromatic heterocycles. The Balaban J connectivity index is 3.89. The molecular weight excluding hydrogens is 228 g/mol. The van der Waals surface area contributed by atoms with Crippen molar-refractivity contribution in [3.8, 4) is 0 Å². The van der Waals surface area contributed by atoms with Gasteiger partial charge < -0.3 is 20.5 Å². The largest absolute Gasteiger partial charge is 0.480 e. The molecule has 0 spiro atoms. The molecule has 7 nitrogen and oxygen atoms in total. The molecule has 0 aliphatic carbocycles. The minimum Gasteiger partial charge on any atom is -0.480 e. The Labute approximate surface area is 99.5 Å². The Hall–Kier alpha value is -1.79. The number of carbonyl (C=O) groups is 3. The molecule has 0 aromatic rings. The van der Waals surface area contributed by atoms with Gasteiger partial charge in [-0.15, -0.1) is 0 Å². The fourth-order valence-corrected chi connectivity index (χ4v) is 0.893. The number of ether oxygens (including phenoxy) is 1. The molecule has 0 rings (SSSR count). The second-order valence-corrected chi connectivity index (χ2v) is 3.87. The molecule has 0 atom stereocenters. The van der Waals surface area contributed by atoms with Crippen molar-refractivity contribution in [3.63, 3.8) is 0 Å². The number of carboxylic acids is 1. The van der Waals surface area contributed by atoms with Crippen molar-refractivity contribution in [2.75, 3.05) is 13.2 Å². The fourth-order valence-electron chi connectivity index (χ4n) is 0.893. The fraction of sp³-hybridized carbons (Fsp3) is 0.700. The SMILES string of the molecule is CCOC(=O)CCNC(=O)NC(C)(C)C(=O)O. The second-order valence-electron chi connectivity index (χ2n) is 3.87. The molecule has 2 amide bonds. The summed E-state index contributed by atoms with van der Waals surface area (Å²) in [6.07, 6.45) is 0.0504. The molecule has 0 aliphatic rings. The predicted octanol–water partition coefficient (Wildman–Crippen LogP) is 0.102. The number of urea groups is 1. The Morgan fingerprint density at radius 3 is 2.35 bits per heavy atom. The lowest BCUT2D eigenvalue weighted by atomic mass is 10.1. The molecule has 0 radical (unpaired) electrons. The summed E-state index contributed by atoms with van der Waals surface area (Å²) in [4.78, 5) is 32.9. The highest BCUT2D eigenvalue weighted by Crippen LogP contribution is 2.00. The smallest absolute Gasteiger partial charge is 0.328 e. The van der Waals surface area contributed by atoms with Crippen LogP contribution in [0.5, 0.6) is 0 Å². The predicted molar refractivity (Wildman–Crippen MR) is 59.5 cm³/mol. The summed E-state index contributed by atoms with van der Waals surface area (Å²) in [5, 5.41) is 13.4. The lowest BCUT2D eigenvalue weighted by Gasteiger charge is -2.21. The van der Waals surface area contributed by atoms with Crippen molar-refractivity contribution in [1.29, 1.82) is 0 Å². The highest BCUT2D eigenvalue weighted by molar-refractivity contribution is 5.85. The van der Waals surface area contributed by atoms with E-state index >= 15 is 0 Å². The van der Waals surface area contributed by atoms with E-state index in [1.165, 1.54) is 13.8 Å². The maximum absolute atomic E-state index is 11.3. The molecule has 17 heavy (non-hydrogen) atoms. The topological polar surface area (TPSA) is 105 Å². The molecule has 0 aromatic carbocycles. The first-order valence-electron chi connectivity index (χ1n) is 5.24. The van der Waals surface area contributed by atoms with Crippen LogP contribution in [0.15, 0.2) is 0 Å². The number of amides is 2. The first kappa shape index (κ1) is 15.2. The maximum atomic E-state index is 11.3. The van der Waals surface area contributed by atoms with Crippen molar-refractivity contribution < 1.29 is 24.2 Å². The zero-order valence-electron chi connectivity index (χ0n) is 10.2. The van der Waals surface area contributed by atoms with Crippen LogP contribution < -0.4 is 10.6 Å². The number of aliphatic carboxylic acids is 1. The lowest BCUT2D eigenvalue weighted by molar-refractivity contribution is -0.144. The van der Waals surface area contributed by atoms with Gasteiger partial charge in [-0.2, -0.15) is 0 Å². The van der Waals surface area contributed by atoms with Crippen molar-refractivity contribution in [2.24, 2.45) is 0 Å². The molecule has 3 N–H and O–H groups in total. The third kappa shape index (κ3) is 6.39. The maximum Gasteiger partial charge on any atom is 0.328 e. The standard InChI is InChI=1S/C10H18N2O5/c1-4-17-7(13)5-6-11-9(16)12-10(2,3)8(14)15/h4-6H2,1-3H3,(H,14,15)(H2,11,12,16). The van der Waals surface area contributed by atoms with Crippen LogP contribution in [0.1, 0.15) is 27.2 Å². The molecule has 0 bridgehead atoms. The summed E-state index contributed by atoms with van der Waals surface area (Å²) >= 11 is 0. The Kier molecular flexibility index (Phi) is 6.01. The summed E-state index contributed by atoms with van der Waals surface area (Å²) in [5.74, 6) is -1.55. The van der Waals surface area contributed by atoms with Crippen LogP contribution in [0.4, 0.5) is 4.79 Å². The Morgan fingerprint density at radius 2 is 1.88 bits per heavy atom. The second kappa shape index (κ2) is 6.72. The number of hydrogen-bond acceptors (Lipinski definition) is 4. The van der Waals surface area contributed by atoms with Gasteiger partial charge in [-0.25, -0.2) is 9.59 Å². The summed E-state index contributed by atoms with van der Waals surface area (Å²) in [5.41, 5.74) is -1.35. The van der Waals surface area contributed by atoms with Gasteiger partial charge in [-0.1, -0.05) is 0 Å². The lowest BCUT2D eigenvalue weighted by Crippen LogP contribution is -2.53. The number of esters is 1. The highest BCUT2D eigenvalue weighted by Gasteiger charge is 2.28. The zero-order chi connectivity index (χ0) is 13.5. The number of hydrogen-bond donors (Lipinski definition) is 3. The van der Waals surface area contributed by atoms with E-state index in [1.54, 1.807) is 6.92 Å². The van der Waals surface area contributed by atoms with E-state index in [0.717, 1.165) is 0 Å². The molecule has 98 valence electrons. The number of carbonyl (C=O) groups excluding carboxylic acids is 2. The molecule has 7 heteroatoms. The monoisotopic (exact) mass is 246 g/mol. The molecule has 0 aliphatic heterocycles. The summed E-state index contributed by atoms with van der Waals surface area (Å²) < 4.78 is 4.66. The molecule has 0 heterocycles. The van der Waals surface area contributed by atoms with E-state index in [-0.39, 0.29) is 19.6 Å². The van der Waals surface area contributed by atoms with E-state index in [9.17, 15) is 14.4 Å². The van der Waals surface area contributed by atoms with Crippen LogP contribution in [-0.2, 0) is 14.3 Å². The number of carboxylic acid groups (broad SMARTS) is 1. The third-order valence-electron chi connectivity index (χ3n) is 1.88. The number of rotatable bonds is 6. The van der Waals surface area contributed by atoms with Crippen molar-refractivity contribution in [3.05, 3.63) is 0 Å². The van der Waals surface area contributed by atoms with E-state index in [1.807, 2.05) is 0 Å². The minimum atomic E-state index is -1.35. The molecule has 0 saturated heterocycles. The Morgan fingerprint density at radius 1 is 1.29 bits per heavy atom. The van der Waals surface area contributed by atoms with E-state index < -0.39 is 23.5 Å². The normalized spacial score (nSPS) is 10.5. The first-order valence-corrected chi connectivity index (χ1v) is 5.24. The third-order valence-corrected chi connectivity index (χ3v) is 1.88. The van der Waals surface area contributed by atoms with Gasteiger partial charge in [-0.3, -0.25) is 4.79 Å². The van der Waals surface area contributed by atoms with Gasteiger partial charge >= 0.3 is 18.0 Å². The summed E-state index contributed by atoms with van der Waals surface area (Å²) in [6, 6.07) is -0.637. The highest BCUT2D eigenvalue weighted by atomic mass is 16.5. The minimum absolute atomic E-state index is 0.0504. The van der Waals surface area contributed by atoms with Gasteiger partial charge in [0, 0.05) is 6.54 Å². The van der Waals surface area contributed by atoms with Crippen LogP contribution in [0.3, 0.4) is 0 Å². The quantitative estimate of drug-likeness (QED) is 0.576. The van der Waals surface area contributed by atoms with Crippen LogP contribution in [0, 0.1) is 0 Å². The number of nitrogens with one attached hydrogen (secondary N) is 2. The van der Waals surface area contributed by atoms with Gasteiger partial charge in [0.2, 0.25) is 0 Å². The summed E-state index contributed by atoms with van der Waals surface area (Å²) in [6.45, 7) is 4.80. The summed E-state index contributed by atoms with van der Waals surface area (Å²) in [7, 11) is 0. The van der Waals surface area contributed by atoms with Gasteiger partial charge in [0.15, 0.2) is 0 Å². The van der Waals surface area contributed by atoms with Crippen LogP contribution >= 0.6 is 0 Å². The molecule has 0 unspecified atom stereocenters. The first-order chi connectivity index (χ1) is 7.79. The van der Waals surface area contributed by atoms with Crippen molar-refractivity contribution in [2.45, 2.75) is 32.7 Å². The van der Waals surface area contributed by atoms with Gasteiger partial charge in [0.25, 0.3) is 0 Å². The van der Waals surface area contributed by atoms with E-state index in [0.29, 0.717) is 0 Å². The van der Waals surface area contributed by atoms with E-state index in [4.69, 9.17) is 5.11 Å². The van der Waals surface area contributed by atoms with Gasteiger partial charge in [0.1, 0.15) is 5.54 Å². The van der Waals surface area contributed by atoms with Crippen LogP contribution in [0.25, 0.3) is 0 Å². The molecule has 0 fully saturated rings. The van der Waals surface area contributed by atoms with Gasteiger partial charge in [0.05, 0.1) is 13.0 Å². The average Bonchev–Trinajstić information content (AvgIpc) is 2.16.